The average molecular weight is 369 g/mol. The van der Waals surface area contributed by atoms with Crippen LogP contribution in [-0.2, 0) is 4.79 Å². The maximum absolute atomic E-state index is 10.1. The summed E-state index contributed by atoms with van der Waals surface area (Å²) in [5.41, 5.74) is -1.31. The van der Waals surface area contributed by atoms with Crippen molar-refractivity contribution in [3.05, 3.63) is 0 Å². The van der Waals surface area contributed by atoms with Gasteiger partial charge in [-0.15, -0.1) is 0 Å². The molecule has 0 amide bonds. The van der Waals surface area contributed by atoms with Gasteiger partial charge in [-0.3, -0.25) is 10.1 Å². The maximum atomic E-state index is 10.1. The molecule has 15 heavy (non-hydrogen) atoms. The first kappa shape index (κ1) is 18.1. The molecule has 0 aromatic heterocycles. The van der Waals surface area contributed by atoms with Crippen LogP contribution in [-0.4, -0.2) is 77.2 Å². The predicted octanol–water partition coefficient (Wildman–Crippen LogP) is -1.63. The van der Waals surface area contributed by atoms with E-state index in [4.69, 9.17) is 38.3 Å². The molecule has 0 aromatic rings. The van der Waals surface area contributed by atoms with Crippen molar-refractivity contribution in [1.82, 2.24) is 5.32 Å². The van der Waals surface area contributed by atoms with Crippen LogP contribution in [0, 0.1) is 0 Å². The van der Waals surface area contributed by atoms with E-state index >= 15 is 0 Å². The van der Waals surface area contributed by atoms with Crippen LogP contribution in [0.15, 0.2) is 0 Å². The molecule has 0 saturated heterocycles. The molecule has 0 fully saturated rings. The van der Waals surface area contributed by atoms with E-state index in [1.165, 1.54) is 0 Å². The molecular formula is C6H13Cl2NO5Sn. The van der Waals surface area contributed by atoms with Gasteiger partial charge in [0.2, 0.25) is 0 Å². The molecule has 0 aliphatic rings. The number of rotatable bonds is 6. The molecule has 0 unspecified atom stereocenters. The summed E-state index contributed by atoms with van der Waals surface area (Å²) in [7, 11) is 9.87. The van der Waals surface area contributed by atoms with Crippen LogP contribution in [0.4, 0.5) is 0 Å². The molecule has 90 valence electrons. The predicted molar refractivity (Wildman–Crippen MR) is 57.1 cm³/mol. The Bertz CT molecular complexity index is 161. The van der Waals surface area contributed by atoms with Crippen molar-refractivity contribution < 1.29 is 25.2 Å². The number of aliphatic hydroxyl groups is 3. The van der Waals surface area contributed by atoms with E-state index < -0.39 is 56.8 Å². The summed E-state index contributed by atoms with van der Waals surface area (Å²) in [6.07, 6.45) is 0. The molecule has 0 bridgehead atoms. The summed E-state index contributed by atoms with van der Waals surface area (Å²) in [6.45, 7) is -1.98. The molecular weight excluding hydrogens is 356 g/mol. The third kappa shape index (κ3) is 9.61. The number of carbonyl (C=O) groups is 1. The van der Waals surface area contributed by atoms with Crippen molar-refractivity contribution >= 4 is 42.7 Å². The van der Waals surface area contributed by atoms with Gasteiger partial charge in [0.1, 0.15) is 0 Å². The topological polar surface area (TPSA) is 110 Å². The van der Waals surface area contributed by atoms with Crippen LogP contribution in [0.3, 0.4) is 0 Å². The van der Waals surface area contributed by atoms with Crippen LogP contribution in [0.25, 0.3) is 0 Å². The molecule has 0 rings (SSSR count). The summed E-state index contributed by atoms with van der Waals surface area (Å²) in [6, 6.07) is 0. The minimum atomic E-state index is -1.31. The van der Waals surface area contributed by atoms with E-state index in [2.05, 4.69) is 5.32 Å². The van der Waals surface area contributed by atoms with Crippen LogP contribution in [0.1, 0.15) is 0 Å². The number of hydrogen-bond acceptors (Lipinski definition) is 5. The zero-order valence-corrected chi connectivity index (χ0v) is 12.1. The summed E-state index contributed by atoms with van der Waals surface area (Å²) in [4.78, 5) is 10.1. The first-order chi connectivity index (χ1) is 7.01. The quantitative estimate of drug-likeness (QED) is 0.360. The summed E-state index contributed by atoms with van der Waals surface area (Å²) >= 11 is -0.826. The summed E-state index contributed by atoms with van der Waals surface area (Å²) < 4.78 is 0. The van der Waals surface area contributed by atoms with Crippen LogP contribution < -0.4 is 5.32 Å². The van der Waals surface area contributed by atoms with Crippen LogP contribution >= 0.6 is 17.8 Å². The molecule has 0 aliphatic heterocycles. The number of aliphatic hydroxyl groups excluding tert-OH is 3. The van der Waals surface area contributed by atoms with Gasteiger partial charge in [0.25, 0.3) is 0 Å². The van der Waals surface area contributed by atoms with Crippen molar-refractivity contribution in [1.29, 1.82) is 0 Å². The normalized spacial score (nSPS) is 10.5. The summed E-state index contributed by atoms with van der Waals surface area (Å²) in [5.74, 6) is -1.12. The Labute approximate surface area is 105 Å². The Kier molecular flexibility index (Phi) is 13.5. The van der Waals surface area contributed by atoms with Gasteiger partial charge in [-0.05, 0) is 0 Å². The Hall–Kier alpha value is 0.689. The standard InChI is InChI=1S/C6H13NO5.2ClH.Sn/c8-2-6(3-9,4-10)7-1-5(11)12;;;/h7-10H,1-4H2,(H,11,12);2*1H;/q;;;+2/p-2. The van der Waals surface area contributed by atoms with E-state index in [-0.39, 0.29) is 0 Å². The molecule has 0 aliphatic carbocycles. The van der Waals surface area contributed by atoms with Gasteiger partial charge < -0.3 is 20.4 Å². The second-order valence-corrected chi connectivity index (χ2v) is 6.81. The Morgan fingerprint density at radius 1 is 1.20 bits per heavy atom. The number of hydrogen-bond donors (Lipinski definition) is 5. The van der Waals surface area contributed by atoms with E-state index in [0.717, 1.165) is 0 Å². The van der Waals surface area contributed by atoms with E-state index in [1.807, 2.05) is 0 Å². The van der Waals surface area contributed by atoms with Gasteiger partial charge in [-0.1, -0.05) is 0 Å². The van der Waals surface area contributed by atoms with Crippen LogP contribution in [0.2, 0.25) is 0 Å². The zero-order chi connectivity index (χ0) is 12.3. The molecule has 5 N–H and O–H groups in total. The third-order valence-corrected chi connectivity index (χ3v) is 1.52. The van der Waals surface area contributed by atoms with Crippen molar-refractivity contribution in [3.63, 3.8) is 0 Å². The molecule has 6 nitrogen and oxygen atoms in total. The van der Waals surface area contributed by atoms with E-state index in [0.29, 0.717) is 0 Å². The number of carboxylic acid groups (broad SMARTS) is 1. The Balaban J connectivity index is 0. The average Bonchev–Trinajstić information content (AvgIpc) is 2.22. The van der Waals surface area contributed by atoms with Gasteiger partial charge in [-0.25, -0.2) is 0 Å². The Morgan fingerprint density at radius 2 is 1.53 bits per heavy atom. The zero-order valence-electron chi connectivity index (χ0n) is 7.78. The van der Waals surface area contributed by atoms with Gasteiger partial charge in [0.15, 0.2) is 0 Å². The third-order valence-electron chi connectivity index (χ3n) is 1.52. The molecule has 0 saturated carbocycles. The molecule has 0 spiro atoms. The van der Waals surface area contributed by atoms with Crippen molar-refractivity contribution in [2.24, 2.45) is 0 Å². The Morgan fingerprint density at radius 3 is 1.73 bits per heavy atom. The monoisotopic (exact) mass is 369 g/mol. The fourth-order valence-electron chi connectivity index (χ4n) is 0.581. The fraction of sp³-hybridized carbons (Fsp3) is 0.833. The van der Waals surface area contributed by atoms with Crippen molar-refractivity contribution in [2.45, 2.75) is 5.54 Å². The molecule has 0 heterocycles. The number of halogens is 2. The SMILES string of the molecule is O=C(O)CNC(CO)(CO)CO.[Cl][Sn][Cl]. The van der Waals surface area contributed by atoms with E-state index in [9.17, 15) is 4.79 Å². The summed E-state index contributed by atoms with van der Waals surface area (Å²) in [5, 5.41) is 36.7. The second kappa shape index (κ2) is 11.2. The van der Waals surface area contributed by atoms with Gasteiger partial charge >= 0.3 is 42.7 Å². The van der Waals surface area contributed by atoms with Crippen LogP contribution in [0.5, 0.6) is 0 Å². The minimum absolute atomic E-state index is 0.415. The number of carboxylic acids is 1. The van der Waals surface area contributed by atoms with Gasteiger partial charge in [0.05, 0.1) is 31.9 Å². The second-order valence-electron chi connectivity index (χ2n) is 2.57. The first-order valence-corrected chi connectivity index (χ1v) is 11.0. The fourth-order valence-corrected chi connectivity index (χ4v) is 0.581. The molecule has 9 heteroatoms. The van der Waals surface area contributed by atoms with Gasteiger partial charge in [0, 0.05) is 0 Å². The van der Waals surface area contributed by atoms with E-state index in [1.54, 1.807) is 0 Å². The first-order valence-electron chi connectivity index (χ1n) is 3.77. The van der Waals surface area contributed by atoms with Crippen molar-refractivity contribution in [2.75, 3.05) is 26.4 Å². The number of aliphatic carboxylic acids is 1. The molecule has 0 aromatic carbocycles. The molecule has 2 radical (unpaired) electrons. The number of nitrogens with one attached hydrogen (secondary N) is 1. The molecule has 0 atom stereocenters. The van der Waals surface area contributed by atoms with Crippen molar-refractivity contribution in [3.8, 4) is 0 Å². The van der Waals surface area contributed by atoms with Gasteiger partial charge in [-0.2, -0.15) is 0 Å².